The molecule has 0 saturated heterocycles. The molecule has 0 unspecified atom stereocenters. The topological polar surface area (TPSA) is 40.8 Å². The summed E-state index contributed by atoms with van der Waals surface area (Å²) in [5.41, 5.74) is 7.57. The fourth-order valence-corrected chi connectivity index (χ4v) is 5.50. The average molecular weight is 548 g/mol. The second kappa shape index (κ2) is 11.4. The van der Waals surface area contributed by atoms with Gasteiger partial charge in [-0.15, -0.1) is 0 Å². The number of methoxy groups -OCH3 is 3. The molecule has 5 nitrogen and oxygen atoms in total. The van der Waals surface area contributed by atoms with Gasteiger partial charge in [0.05, 0.1) is 32.3 Å². The minimum absolute atomic E-state index is 0. The van der Waals surface area contributed by atoms with Crippen LogP contribution >= 0.6 is 0 Å². The molecule has 39 heavy (non-hydrogen) atoms. The summed E-state index contributed by atoms with van der Waals surface area (Å²) in [6.45, 7) is 10.3. The van der Waals surface area contributed by atoms with Crippen LogP contribution < -0.4 is 35.9 Å². The van der Waals surface area contributed by atoms with Crippen LogP contribution in [0.25, 0.3) is 22.0 Å². The Kier molecular flexibility index (Phi) is 8.31. The third-order valence-corrected chi connectivity index (χ3v) is 7.61. The van der Waals surface area contributed by atoms with Crippen LogP contribution in [-0.2, 0) is 31.4 Å². The van der Waals surface area contributed by atoms with E-state index < -0.39 is 0 Å². The van der Waals surface area contributed by atoms with E-state index in [9.17, 15) is 0 Å². The second-order valence-electron chi connectivity index (χ2n) is 10.9. The van der Waals surface area contributed by atoms with Gasteiger partial charge in [-0.1, -0.05) is 52.0 Å². The van der Waals surface area contributed by atoms with E-state index >= 15 is 0 Å². The van der Waals surface area contributed by atoms with E-state index in [0.717, 1.165) is 53.3 Å². The van der Waals surface area contributed by atoms with Gasteiger partial charge in [-0.05, 0) is 52.8 Å². The minimum Gasteiger partial charge on any atom is -1.00 e. The molecule has 0 atom stereocenters. The molecule has 206 valence electrons. The highest BCUT2D eigenvalue weighted by Crippen LogP contribution is 2.42. The van der Waals surface area contributed by atoms with Gasteiger partial charge in [0.2, 0.25) is 5.69 Å². The van der Waals surface area contributed by atoms with E-state index in [-0.39, 0.29) is 17.8 Å². The molecule has 0 aliphatic carbocycles. The predicted octanol–water partition coefficient (Wildman–Crippen LogP) is 3.82. The van der Waals surface area contributed by atoms with Gasteiger partial charge in [-0.2, -0.15) is 4.57 Å². The largest absolute Gasteiger partial charge is 1.00 e. The number of aromatic nitrogens is 1. The maximum atomic E-state index is 6.50. The van der Waals surface area contributed by atoms with E-state index in [1.165, 1.54) is 33.3 Å². The molecule has 0 radical (unpaired) electrons. The Balaban J connectivity index is 0.00000353. The molecular weight excluding hydrogens is 510 g/mol. The van der Waals surface area contributed by atoms with Crippen molar-refractivity contribution in [3.63, 3.8) is 0 Å². The first-order valence-electron chi connectivity index (χ1n) is 13.3. The molecule has 0 spiro atoms. The number of ether oxygens (including phenoxy) is 4. The lowest BCUT2D eigenvalue weighted by Gasteiger charge is -2.22. The molecule has 6 heteroatoms. The number of pyridine rings is 1. The standard InChI is InChI=1S/C33H38NO4.ClH/c1-8-24-25-13-14-28(35-5)32(38-20-21-9-11-23(12-10-21)33(2,3)4)27(25)19-34-16-15-22-17-29(36-6)30(37-7)18-26(22)31(24)34;/h9-14,17-19H,8,15-16,20H2,1-7H3;1H/q+1;/p-1. The lowest BCUT2D eigenvalue weighted by molar-refractivity contribution is -0.686. The molecule has 1 aliphatic rings. The monoisotopic (exact) mass is 547 g/mol. The molecule has 0 bridgehead atoms. The molecule has 5 rings (SSSR count). The number of aryl methyl sites for hydroxylation is 3. The number of fused-ring (bicyclic) bond motifs is 4. The number of hydrogen-bond donors (Lipinski definition) is 0. The van der Waals surface area contributed by atoms with E-state index in [2.05, 4.69) is 80.9 Å². The zero-order valence-corrected chi connectivity index (χ0v) is 24.7. The zero-order valence-electron chi connectivity index (χ0n) is 24.0. The highest BCUT2D eigenvalue weighted by molar-refractivity contribution is 5.95. The van der Waals surface area contributed by atoms with E-state index in [0.29, 0.717) is 6.61 Å². The predicted molar refractivity (Wildman–Crippen MR) is 152 cm³/mol. The molecule has 3 aromatic carbocycles. The normalized spacial score (nSPS) is 12.3. The first kappa shape index (κ1) is 28.6. The zero-order chi connectivity index (χ0) is 27.0. The Labute approximate surface area is 238 Å². The summed E-state index contributed by atoms with van der Waals surface area (Å²) in [7, 11) is 5.08. The quantitative estimate of drug-likeness (QED) is 0.330. The number of rotatable bonds is 7. The number of hydrogen-bond acceptors (Lipinski definition) is 4. The molecular formula is C33H38ClNO4. The van der Waals surface area contributed by atoms with Crippen LogP contribution in [0.4, 0.5) is 0 Å². The first-order chi connectivity index (χ1) is 18.3. The highest BCUT2D eigenvalue weighted by atomic mass is 35.5. The molecule has 4 aromatic rings. The number of benzene rings is 3. The van der Waals surface area contributed by atoms with Gasteiger partial charge < -0.3 is 31.4 Å². The number of halogens is 1. The van der Waals surface area contributed by atoms with Crippen LogP contribution in [0.15, 0.2) is 54.7 Å². The summed E-state index contributed by atoms with van der Waals surface area (Å²) >= 11 is 0. The van der Waals surface area contributed by atoms with Crippen molar-refractivity contribution >= 4 is 10.8 Å². The molecule has 2 heterocycles. The fourth-order valence-electron chi connectivity index (χ4n) is 5.50. The Bertz CT molecular complexity index is 1490. The van der Waals surface area contributed by atoms with Crippen molar-refractivity contribution in [2.45, 2.75) is 59.1 Å². The van der Waals surface area contributed by atoms with Crippen LogP contribution in [-0.4, -0.2) is 21.3 Å². The van der Waals surface area contributed by atoms with Gasteiger partial charge in [-0.3, -0.25) is 0 Å². The second-order valence-corrected chi connectivity index (χ2v) is 10.9. The van der Waals surface area contributed by atoms with Gasteiger partial charge in [0.15, 0.2) is 35.7 Å². The Morgan fingerprint density at radius 1 is 0.821 bits per heavy atom. The SMILES string of the molecule is CCc1c2[n+](cc3c(OCc4ccc(C(C)(C)C)cc4)c(OC)ccc13)CCc1cc(OC)c(OC)cc1-2.[Cl-]. The molecule has 0 amide bonds. The number of nitrogens with zero attached hydrogens (tertiary/aromatic N) is 1. The van der Waals surface area contributed by atoms with Crippen molar-refractivity contribution in [1.82, 2.24) is 0 Å². The summed E-state index contributed by atoms with van der Waals surface area (Å²) in [5, 5.41) is 2.25. The lowest BCUT2D eigenvalue weighted by Crippen LogP contribution is -3.00. The first-order valence-corrected chi connectivity index (χ1v) is 13.3. The van der Waals surface area contributed by atoms with Gasteiger partial charge in [0, 0.05) is 17.4 Å². The van der Waals surface area contributed by atoms with E-state index in [4.69, 9.17) is 18.9 Å². The van der Waals surface area contributed by atoms with Gasteiger partial charge in [0.25, 0.3) is 0 Å². The van der Waals surface area contributed by atoms with Crippen LogP contribution in [0.3, 0.4) is 0 Å². The van der Waals surface area contributed by atoms with Crippen molar-refractivity contribution in [1.29, 1.82) is 0 Å². The summed E-state index contributed by atoms with van der Waals surface area (Å²) in [6, 6.07) is 17.1. The third-order valence-electron chi connectivity index (χ3n) is 7.61. The van der Waals surface area contributed by atoms with Crippen LogP contribution in [0, 0.1) is 0 Å². The van der Waals surface area contributed by atoms with Crippen molar-refractivity contribution in [2.75, 3.05) is 21.3 Å². The summed E-state index contributed by atoms with van der Waals surface area (Å²) < 4.78 is 25.9. The summed E-state index contributed by atoms with van der Waals surface area (Å²) in [6.07, 6.45) is 4.03. The van der Waals surface area contributed by atoms with Gasteiger partial charge in [0.1, 0.15) is 6.61 Å². The Morgan fingerprint density at radius 2 is 1.49 bits per heavy atom. The molecule has 1 aliphatic heterocycles. The highest BCUT2D eigenvalue weighted by Gasteiger charge is 2.31. The Hall–Kier alpha value is -3.44. The summed E-state index contributed by atoms with van der Waals surface area (Å²) in [5.74, 6) is 3.05. The van der Waals surface area contributed by atoms with Crippen molar-refractivity contribution in [2.24, 2.45) is 0 Å². The fraction of sp³-hybridized carbons (Fsp3) is 0.364. The van der Waals surface area contributed by atoms with Crippen molar-refractivity contribution in [3.05, 3.63) is 77.0 Å². The average Bonchev–Trinajstić information content (AvgIpc) is 2.93. The molecule has 0 fully saturated rings. The Morgan fingerprint density at radius 3 is 2.10 bits per heavy atom. The van der Waals surface area contributed by atoms with Crippen LogP contribution in [0.2, 0.25) is 0 Å². The van der Waals surface area contributed by atoms with Crippen molar-refractivity contribution in [3.8, 4) is 34.3 Å². The summed E-state index contributed by atoms with van der Waals surface area (Å²) in [4.78, 5) is 0. The van der Waals surface area contributed by atoms with Gasteiger partial charge >= 0.3 is 0 Å². The molecule has 0 N–H and O–H groups in total. The van der Waals surface area contributed by atoms with E-state index in [1.54, 1.807) is 21.3 Å². The maximum Gasteiger partial charge on any atom is 0.216 e. The van der Waals surface area contributed by atoms with Crippen LogP contribution in [0.1, 0.15) is 49.9 Å². The van der Waals surface area contributed by atoms with Crippen molar-refractivity contribution < 1.29 is 35.9 Å². The minimum atomic E-state index is 0. The third kappa shape index (κ3) is 5.25. The molecule has 0 saturated carbocycles. The lowest BCUT2D eigenvalue weighted by atomic mass is 9.87. The maximum absolute atomic E-state index is 6.50. The van der Waals surface area contributed by atoms with Gasteiger partial charge in [-0.25, -0.2) is 0 Å². The molecule has 1 aromatic heterocycles. The van der Waals surface area contributed by atoms with Crippen LogP contribution in [0.5, 0.6) is 23.0 Å². The van der Waals surface area contributed by atoms with E-state index in [1.807, 2.05) is 6.07 Å². The smallest absolute Gasteiger partial charge is 0.216 e.